The van der Waals surface area contributed by atoms with Crippen LogP contribution in [0.15, 0.2) is 66.7 Å². The number of aromatic nitrogens is 4. The number of carbonyl (C=O) groups is 5. The lowest BCUT2D eigenvalue weighted by Crippen LogP contribution is -2.48. The molecule has 1 saturated carbocycles. The van der Waals surface area contributed by atoms with Gasteiger partial charge in [0.25, 0.3) is 5.91 Å². The van der Waals surface area contributed by atoms with Crippen LogP contribution in [-0.4, -0.2) is 111 Å². The van der Waals surface area contributed by atoms with Gasteiger partial charge in [-0.1, -0.05) is 51.1 Å². The van der Waals surface area contributed by atoms with Crippen LogP contribution in [0.4, 0.5) is 23.7 Å². The van der Waals surface area contributed by atoms with E-state index in [1.807, 2.05) is 63.2 Å². The monoisotopic (exact) mass is 907 g/mol. The molecule has 19 heteroatoms. The molecule has 1 aliphatic rings. The fraction of sp³-hybridized carbons (Fsp3) is 0.478. The van der Waals surface area contributed by atoms with Gasteiger partial charge >= 0.3 is 18.2 Å². The molecular formula is C46H60F3N9O7. The first kappa shape index (κ1) is 51.3. The largest absolute Gasteiger partial charge is 0.490 e. The number of nitrogens with zero attached hydrogens (tertiary/aromatic N) is 4. The molecule has 352 valence electrons. The van der Waals surface area contributed by atoms with E-state index in [0.29, 0.717) is 43.0 Å². The molecule has 0 bridgehead atoms. The molecule has 0 radical (unpaired) electrons. The standard InChI is InChI=1S/C44H59N9O5.C2HF3O2/c1-7-31-18-19-35(40(54)45-24-25-53(8-2)9-3)27-37(31)32-14-10-29(11-15-32)26-38(42(56)47-36-22-20-33(21-23-36)39-49-51-52-50-39)48-41(55)34-16-12-30(13-17-34)28-46-43(57)58-44(4,5)6;3-2(4,5)1(6)7/h10-11,14-15,18-23,27,30,34,38H,7-9,12-13,16-17,24-26,28H2,1-6H3,(H,45,54)(H,46,57)(H,47,56)(H,48,55)(H,49,50,51,52);(H,6,7)/t30?,34?,38-;/m0./s1. The lowest BCUT2D eigenvalue weighted by molar-refractivity contribution is -0.192. The number of aromatic amines is 1. The minimum absolute atomic E-state index is 0.104. The van der Waals surface area contributed by atoms with E-state index in [-0.39, 0.29) is 36.0 Å². The van der Waals surface area contributed by atoms with Crippen molar-refractivity contribution in [2.24, 2.45) is 11.8 Å². The third-order valence-corrected chi connectivity index (χ3v) is 10.8. The number of halogens is 3. The van der Waals surface area contributed by atoms with Crippen molar-refractivity contribution in [2.75, 3.05) is 38.0 Å². The summed E-state index contributed by atoms with van der Waals surface area (Å²) in [6.07, 6.45) is -1.60. The average Bonchev–Trinajstić information content (AvgIpc) is 3.82. The molecule has 1 heterocycles. The number of hydrogen-bond acceptors (Lipinski definition) is 10. The summed E-state index contributed by atoms with van der Waals surface area (Å²) in [5, 5.41) is 33.2. The predicted molar refractivity (Wildman–Crippen MR) is 239 cm³/mol. The van der Waals surface area contributed by atoms with Crippen molar-refractivity contribution in [3.63, 3.8) is 0 Å². The molecule has 4 amide bonds. The molecule has 5 rings (SSSR count). The van der Waals surface area contributed by atoms with Gasteiger partial charge < -0.3 is 36.0 Å². The Morgan fingerprint density at radius 3 is 2.06 bits per heavy atom. The van der Waals surface area contributed by atoms with Crippen LogP contribution in [0.3, 0.4) is 0 Å². The van der Waals surface area contributed by atoms with Gasteiger partial charge in [-0.05, 0) is 136 Å². The van der Waals surface area contributed by atoms with Gasteiger partial charge in [0.2, 0.25) is 17.6 Å². The molecule has 1 atom stereocenters. The molecular weight excluding hydrogens is 848 g/mol. The third-order valence-electron chi connectivity index (χ3n) is 10.8. The van der Waals surface area contributed by atoms with E-state index < -0.39 is 29.9 Å². The van der Waals surface area contributed by atoms with E-state index in [2.05, 4.69) is 67.6 Å². The van der Waals surface area contributed by atoms with Gasteiger partial charge in [-0.3, -0.25) is 14.4 Å². The van der Waals surface area contributed by atoms with Crippen LogP contribution in [0.5, 0.6) is 0 Å². The maximum Gasteiger partial charge on any atom is 0.490 e. The number of carboxylic acids is 1. The Bertz CT molecular complexity index is 2170. The number of hydrogen-bond donors (Lipinski definition) is 6. The second-order valence-corrected chi connectivity index (χ2v) is 16.7. The molecule has 1 aliphatic carbocycles. The van der Waals surface area contributed by atoms with Gasteiger partial charge in [-0.2, -0.15) is 18.4 Å². The highest BCUT2D eigenvalue weighted by molar-refractivity contribution is 5.98. The second kappa shape index (κ2) is 24.1. The first-order valence-electron chi connectivity index (χ1n) is 21.7. The minimum Gasteiger partial charge on any atom is -0.475 e. The predicted octanol–water partition coefficient (Wildman–Crippen LogP) is 6.80. The quantitative estimate of drug-likeness (QED) is 0.0647. The summed E-state index contributed by atoms with van der Waals surface area (Å²) in [5.74, 6) is -2.94. The lowest BCUT2D eigenvalue weighted by atomic mass is 9.81. The van der Waals surface area contributed by atoms with E-state index in [1.54, 1.807) is 24.3 Å². The Morgan fingerprint density at radius 1 is 0.877 bits per heavy atom. The van der Waals surface area contributed by atoms with Crippen LogP contribution in [0.1, 0.15) is 88.7 Å². The van der Waals surface area contributed by atoms with Crippen LogP contribution in [-0.2, 0) is 32.0 Å². The number of aryl methyl sites for hydroxylation is 1. The van der Waals surface area contributed by atoms with Gasteiger partial charge in [0.15, 0.2) is 0 Å². The normalized spacial score (nSPS) is 15.5. The first-order chi connectivity index (χ1) is 30.8. The van der Waals surface area contributed by atoms with Crippen LogP contribution in [0.25, 0.3) is 22.5 Å². The van der Waals surface area contributed by atoms with Gasteiger partial charge in [-0.15, -0.1) is 10.2 Å². The summed E-state index contributed by atoms with van der Waals surface area (Å²) < 4.78 is 37.1. The fourth-order valence-corrected chi connectivity index (χ4v) is 7.21. The molecule has 0 aliphatic heterocycles. The van der Waals surface area contributed by atoms with Gasteiger partial charge in [0, 0.05) is 48.8 Å². The van der Waals surface area contributed by atoms with Gasteiger partial charge in [0.1, 0.15) is 11.6 Å². The van der Waals surface area contributed by atoms with E-state index >= 15 is 0 Å². The highest BCUT2D eigenvalue weighted by atomic mass is 19.4. The average molecular weight is 908 g/mol. The van der Waals surface area contributed by atoms with E-state index in [0.717, 1.165) is 66.7 Å². The summed E-state index contributed by atoms with van der Waals surface area (Å²) in [7, 11) is 0. The molecule has 16 nitrogen and oxygen atoms in total. The Balaban J connectivity index is 0.00000122. The molecule has 0 unspecified atom stereocenters. The number of anilines is 1. The summed E-state index contributed by atoms with van der Waals surface area (Å²) in [6, 6.07) is 20.0. The number of nitrogens with one attached hydrogen (secondary N) is 5. The number of H-pyrrole nitrogens is 1. The second-order valence-electron chi connectivity index (χ2n) is 16.7. The number of likely N-dealkylation sites (N-methyl/N-ethyl adjacent to an activating group) is 1. The van der Waals surface area contributed by atoms with E-state index in [9.17, 15) is 32.3 Å². The Kier molecular flexibility index (Phi) is 19.0. The summed E-state index contributed by atoms with van der Waals surface area (Å²) >= 11 is 0. The smallest absolute Gasteiger partial charge is 0.475 e. The summed E-state index contributed by atoms with van der Waals surface area (Å²) in [4.78, 5) is 64.1. The molecule has 0 saturated heterocycles. The van der Waals surface area contributed by atoms with Crippen molar-refractivity contribution in [1.82, 2.24) is 41.5 Å². The number of aliphatic carboxylic acids is 1. The number of carbonyl (C=O) groups excluding carboxylic acids is 4. The molecule has 1 aromatic heterocycles. The Hall–Kier alpha value is -6.37. The van der Waals surface area contributed by atoms with Crippen molar-refractivity contribution in [3.05, 3.63) is 83.4 Å². The highest BCUT2D eigenvalue weighted by Gasteiger charge is 2.38. The van der Waals surface area contributed by atoms with E-state index in [1.165, 1.54) is 0 Å². The van der Waals surface area contributed by atoms with Crippen molar-refractivity contribution >= 4 is 35.5 Å². The number of rotatable bonds is 17. The lowest BCUT2D eigenvalue weighted by Gasteiger charge is -2.29. The fourth-order valence-electron chi connectivity index (χ4n) is 7.21. The van der Waals surface area contributed by atoms with Crippen molar-refractivity contribution in [2.45, 2.75) is 97.9 Å². The van der Waals surface area contributed by atoms with Crippen molar-refractivity contribution in [1.29, 1.82) is 0 Å². The van der Waals surface area contributed by atoms with Crippen LogP contribution < -0.4 is 21.3 Å². The zero-order chi connectivity index (χ0) is 47.7. The molecule has 4 aromatic rings. The molecule has 0 spiro atoms. The zero-order valence-electron chi connectivity index (χ0n) is 37.7. The zero-order valence-corrected chi connectivity index (χ0v) is 37.7. The maximum absolute atomic E-state index is 13.9. The number of tetrazole rings is 1. The molecule has 3 aromatic carbocycles. The maximum atomic E-state index is 13.9. The number of ether oxygens (including phenoxy) is 1. The van der Waals surface area contributed by atoms with Crippen molar-refractivity contribution < 1.29 is 47.0 Å². The van der Waals surface area contributed by atoms with E-state index in [4.69, 9.17) is 14.6 Å². The van der Waals surface area contributed by atoms with Crippen LogP contribution in [0, 0.1) is 11.8 Å². The number of benzene rings is 3. The molecule has 1 fully saturated rings. The topological polar surface area (TPSA) is 221 Å². The highest BCUT2D eigenvalue weighted by Crippen LogP contribution is 2.30. The summed E-state index contributed by atoms with van der Waals surface area (Å²) in [6.45, 7) is 15.5. The number of alkyl carbamates (subject to hydrolysis) is 1. The molecule has 6 N–H and O–H groups in total. The van der Waals surface area contributed by atoms with Gasteiger partial charge in [-0.25, -0.2) is 9.59 Å². The number of alkyl halides is 3. The minimum atomic E-state index is -5.08. The SMILES string of the molecule is CCc1ccc(C(=O)NCCN(CC)CC)cc1-c1ccc(C[C@H](NC(=O)C2CCC(CNC(=O)OC(C)(C)C)CC2)C(=O)Nc2ccc(-c3nn[nH]n3)cc2)cc1.O=C(O)C(F)(F)F. The summed E-state index contributed by atoms with van der Waals surface area (Å²) in [5.41, 5.74) is 5.27. The van der Waals surface area contributed by atoms with Crippen molar-refractivity contribution in [3.8, 4) is 22.5 Å². The van der Waals surface area contributed by atoms with Gasteiger partial charge in [0.05, 0.1) is 0 Å². The Labute approximate surface area is 376 Å². The van der Waals surface area contributed by atoms with Crippen LogP contribution in [0.2, 0.25) is 0 Å². The number of carboxylic acid groups (broad SMARTS) is 1. The first-order valence-corrected chi connectivity index (χ1v) is 21.7. The third kappa shape index (κ3) is 16.6. The Morgan fingerprint density at radius 2 is 1.51 bits per heavy atom. The molecule has 65 heavy (non-hydrogen) atoms. The number of amides is 4. The van der Waals surface area contributed by atoms with Crippen LogP contribution >= 0.6 is 0 Å².